The van der Waals surface area contributed by atoms with Crippen LogP contribution < -0.4 is 5.32 Å². The van der Waals surface area contributed by atoms with Gasteiger partial charge in [0.2, 0.25) is 0 Å². The predicted molar refractivity (Wildman–Crippen MR) is 88.4 cm³/mol. The van der Waals surface area contributed by atoms with Gasteiger partial charge in [-0.05, 0) is 58.2 Å². The fraction of sp³-hybridized carbons (Fsp3) is 0.312. The molecule has 0 fully saturated rings. The van der Waals surface area contributed by atoms with E-state index in [9.17, 15) is 0 Å². The van der Waals surface area contributed by atoms with Gasteiger partial charge < -0.3 is 5.32 Å². The number of hydrogen-bond donors (Lipinski definition) is 1. The van der Waals surface area contributed by atoms with Crippen molar-refractivity contribution in [3.8, 4) is 0 Å². The lowest BCUT2D eigenvalue weighted by atomic mass is 9.92. The van der Waals surface area contributed by atoms with Crippen molar-refractivity contribution in [3.63, 3.8) is 0 Å². The minimum atomic E-state index is 0.420. The average molecular weight is 354 g/mol. The van der Waals surface area contributed by atoms with Gasteiger partial charge in [-0.1, -0.05) is 30.7 Å². The average Bonchev–Trinajstić information content (AvgIpc) is 2.44. The summed E-state index contributed by atoms with van der Waals surface area (Å²) in [7, 11) is 0. The van der Waals surface area contributed by atoms with Gasteiger partial charge in [0.25, 0.3) is 0 Å². The predicted octanol–water partition coefficient (Wildman–Crippen LogP) is 4.43. The number of halogens is 2. The van der Waals surface area contributed by atoms with E-state index in [2.05, 4.69) is 51.4 Å². The van der Waals surface area contributed by atoms with Crippen molar-refractivity contribution in [2.45, 2.75) is 19.3 Å². The number of aromatic nitrogens is 1. The Kier molecular flexibility index (Phi) is 6.02. The number of nitrogens with one attached hydrogen (secondary N) is 1. The van der Waals surface area contributed by atoms with E-state index in [0.717, 1.165) is 29.0 Å². The second-order valence-corrected chi connectivity index (χ2v) is 6.12. The molecule has 106 valence electrons. The molecule has 0 aliphatic carbocycles. The monoisotopic (exact) mass is 352 g/mol. The summed E-state index contributed by atoms with van der Waals surface area (Å²) < 4.78 is 1.02. The highest BCUT2D eigenvalue weighted by Crippen LogP contribution is 2.23. The Bertz CT molecular complexity index is 542. The summed E-state index contributed by atoms with van der Waals surface area (Å²) in [6.07, 6.45) is 4.70. The standard InChI is InChI=1S/C16H18BrClN2/c1-2-19-10-14(13-3-5-16(18)6-4-13)7-12-8-15(17)11-20-9-12/h3-6,8-9,11,14,19H,2,7,10H2,1H3. The van der Waals surface area contributed by atoms with Crippen molar-refractivity contribution in [2.75, 3.05) is 13.1 Å². The fourth-order valence-electron chi connectivity index (χ4n) is 2.21. The summed E-state index contributed by atoms with van der Waals surface area (Å²) >= 11 is 9.44. The molecule has 1 unspecified atom stereocenters. The Hall–Kier alpha value is -0.900. The molecule has 2 rings (SSSR count). The molecule has 0 bridgehead atoms. The van der Waals surface area contributed by atoms with Crippen LogP contribution in [0, 0.1) is 0 Å². The van der Waals surface area contributed by atoms with Crippen LogP contribution in [-0.2, 0) is 6.42 Å². The Balaban J connectivity index is 2.16. The molecular formula is C16H18BrClN2. The van der Waals surface area contributed by atoms with Crippen LogP contribution in [0.15, 0.2) is 47.2 Å². The second-order valence-electron chi connectivity index (χ2n) is 4.77. The zero-order chi connectivity index (χ0) is 14.4. The molecule has 2 nitrogen and oxygen atoms in total. The van der Waals surface area contributed by atoms with Crippen LogP contribution in [0.2, 0.25) is 5.02 Å². The molecule has 1 N–H and O–H groups in total. The second kappa shape index (κ2) is 7.77. The number of pyridine rings is 1. The third-order valence-corrected chi connectivity index (χ3v) is 3.91. The van der Waals surface area contributed by atoms with Gasteiger partial charge in [-0.2, -0.15) is 0 Å². The first kappa shape index (κ1) is 15.5. The summed E-state index contributed by atoms with van der Waals surface area (Å²) in [4.78, 5) is 4.24. The Morgan fingerprint density at radius 2 is 2.00 bits per heavy atom. The first-order valence-electron chi connectivity index (χ1n) is 6.74. The summed E-state index contributed by atoms with van der Waals surface area (Å²) in [5, 5.41) is 4.21. The minimum absolute atomic E-state index is 0.420. The van der Waals surface area contributed by atoms with Crippen molar-refractivity contribution in [3.05, 3.63) is 63.3 Å². The molecular weight excluding hydrogens is 336 g/mol. The van der Waals surface area contributed by atoms with Crippen LogP contribution in [0.4, 0.5) is 0 Å². The van der Waals surface area contributed by atoms with E-state index in [1.165, 1.54) is 11.1 Å². The fourth-order valence-corrected chi connectivity index (χ4v) is 2.75. The Morgan fingerprint density at radius 1 is 1.25 bits per heavy atom. The molecule has 0 aliphatic rings. The smallest absolute Gasteiger partial charge is 0.0410 e. The van der Waals surface area contributed by atoms with E-state index >= 15 is 0 Å². The molecule has 0 saturated carbocycles. The van der Waals surface area contributed by atoms with Crippen LogP contribution in [0.5, 0.6) is 0 Å². The highest BCUT2D eigenvalue weighted by atomic mass is 79.9. The molecule has 4 heteroatoms. The topological polar surface area (TPSA) is 24.9 Å². The van der Waals surface area contributed by atoms with E-state index < -0.39 is 0 Å². The van der Waals surface area contributed by atoms with Crippen LogP contribution in [0.1, 0.15) is 24.0 Å². The first-order valence-corrected chi connectivity index (χ1v) is 7.91. The number of rotatable bonds is 6. The molecule has 0 spiro atoms. The number of likely N-dealkylation sites (N-methyl/N-ethyl adjacent to an activating group) is 1. The minimum Gasteiger partial charge on any atom is -0.316 e. The highest BCUT2D eigenvalue weighted by Gasteiger charge is 2.12. The maximum Gasteiger partial charge on any atom is 0.0410 e. The van der Waals surface area contributed by atoms with E-state index in [1.807, 2.05) is 24.5 Å². The largest absolute Gasteiger partial charge is 0.316 e. The molecule has 1 atom stereocenters. The van der Waals surface area contributed by atoms with Gasteiger partial charge in [0.05, 0.1) is 0 Å². The van der Waals surface area contributed by atoms with E-state index in [1.54, 1.807) is 0 Å². The van der Waals surface area contributed by atoms with Gasteiger partial charge in [0, 0.05) is 34.4 Å². The molecule has 20 heavy (non-hydrogen) atoms. The summed E-state index contributed by atoms with van der Waals surface area (Å²) in [5.41, 5.74) is 2.53. The normalized spacial score (nSPS) is 12.3. The molecule has 1 aromatic carbocycles. The van der Waals surface area contributed by atoms with Gasteiger partial charge in [0.15, 0.2) is 0 Å². The van der Waals surface area contributed by atoms with Crippen molar-refractivity contribution in [1.29, 1.82) is 0 Å². The molecule has 0 amide bonds. The lowest BCUT2D eigenvalue weighted by molar-refractivity contribution is 0.594. The molecule has 1 aromatic heterocycles. The zero-order valence-electron chi connectivity index (χ0n) is 11.4. The number of nitrogens with zero attached hydrogens (tertiary/aromatic N) is 1. The summed E-state index contributed by atoms with van der Waals surface area (Å²) in [6.45, 7) is 4.05. The van der Waals surface area contributed by atoms with Gasteiger partial charge in [-0.15, -0.1) is 0 Å². The SMILES string of the molecule is CCNCC(Cc1cncc(Br)c1)c1ccc(Cl)cc1. The third kappa shape index (κ3) is 4.58. The molecule has 2 aromatic rings. The van der Waals surface area contributed by atoms with Gasteiger partial charge >= 0.3 is 0 Å². The molecule has 0 saturated heterocycles. The van der Waals surface area contributed by atoms with Gasteiger partial charge in [-0.25, -0.2) is 0 Å². The first-order chi connectivity index (χ1) is 9.69. The van der Waals surface area contributed by atoms with Crippen molar-refractivity contribution in [2.24, 2.45) is 0 Å². The Morgan fingerprint density at radius 3 is 2.65 bits per heavy atom. The van der Waals surface area contributed by atoms with Crippen molar-refractivity contribution >= 4 is 27.5 Å². The number of hydrogen-bond acceptors (Lipinski definition) is 2. The lowest BCUT2D eigenvalue weighted by Gasteiger charge is -2.18. The van der Waals surface area contributed by atoms with Crippen LogP contribution in [-0.4, -0.2) is 18.1 Å². The molecule has 0 aliphatic heterocycles. The Labute approximate surface area is 133 Å². The van der Waals surface area contributed by atoms with E-state index in [0.29, 0.717) is 5.92 Å². The lowest BCUT2D eigenvalue weighted by Crippen LogP contribution is -2.22. The number of benzene rings is 1. The van der Waals surface area contributed by atoms with Crippen LogP contribution >= 0.6 is 27.5 Å². The van der Waals surface area contributed by atoms with E-state index in [-0.39, 0.29) is 0 Å². The van der Waals surface area contributed by atoms with E-state index in [4.69, 9.17) is 11.6 Å². The molecule has 0 radical (unpaired) electrons. The zero-order valence-corrected chi connectivity index (χ0v) is 13.8. The third-order valence-electron chi connectivity index (χ3n) is 3.23. The summed E-state index contributed by atoms with van der Waals surface area (Å²) in [5.74, 6) is 0.420. The van der Waals surface area contributed by atoms with Crippen molar-refractivity contribution < 1.29 is 0 Å². The maximum absolute atomic E-state index is 5.97. The quantitative estimate of drug-likeness (QED) is 0.831. The van der Waals surface area contributed by atoms with Crippen molar-refractivity contribution in [1.82, 2.24) is 10.3 Å². The van der Waals surface area contributed by atoms with Crippen LogP contribution in [0.3, 0.4) is 0 Å². The highest BCUT2D eigenvalue weighted by molar-refractivity contribution is 9.10. The van der Waals surface area contributed by atoms with Crippen LogP contribution in [0.25, 0.3) is 0 Å². The summed E-state index contributed by atoms with van der Waals surface area (Å²) in [6, 6.07) is 10.2. The van der Waals surface area contributed by atoms with Gasteiger partial charge in [-0.3, -0.25) is 4.98 Å². The van der Waals surface area contributed by atoms with Gasteiger partial charge in [0.1, 0.15) is 0 Å². The molecule has 1 heterocycles. The maximum atomic E-state index is 5.97.